The van der Waals surface area contributed by atoms with Crippen LogP contribution in [0.5, 0.6) is 5.75 Å². The van der Waals surface area contributed by atoms with E-state index in [4.69, 9.17) is 4.74 Å². The molecule has 1 unspecified atom stereocenters. The van der Waals surface area contributed by atoms with Crippen LogP contribution in [0.25, 0.3) is 10.9 Å². The minimum atomic E-state index is -0.804. The number of ether oxygens (including phenoxy) is 1. The standard InChI is InChI=1S/C13H10N4O2.C10H11NO2/c1-17-11(8-4-2-3-5-9(8)16-17)7-6-10-12(18)15-13(19)14-10;1-11-6-7-3-4-8(13-2)5-9(7)10(11)12/h2-5,10H,1H3,(H2,14,15,18,19);3-5H,6H2,1-2H3. The SMILES string of the molecule is COc1ccc2c(c1)C(=O)N(C)C2.Cn1nc2ccccc2c1C#CC1NC(=O)NC1=O. The monoisotopic (exact) mass is 431 g/mol. The van der Waals surface area contributed by atoms with Crippen molar-refractivity contribution < 1.29 is 19.1 Å². The number of imide groups is 1. The molecule has 1 fully saturated rings. The molecule has 4 amide bonds. The van der Waals surface area contributed by atoms with Gasteiger partial charge in [-0.1, -0.05) is 24.1 Å². The lowest BCUT2D eigenvalue weighted by Gasteiger charge is -2.04. The summed E-state index contributed by atoms with van der Waals surface area (Å²) in [4.78, 5) is 35.6. The van der Waals surface area contributed by atoms with Crippen LogP contribution in [-0.2, 0) is 18.4 Å². The zero-order chi connectivity index (χ0) is 22.8. The molecule has 0 saturated carbocycles. The van der Waals surface area contributed by atoms with E-state index in [1.807, 2.05) is 36.4 Å². The van der Waals surface area contributed by atoms with E-state index in [9.17, 15) is 14.4 Å². The number of hydrogen-bond donors (Lipinski definition) is 2. The Morgan fingerprint density at radius 2 is 1.91 bits per heavy atom. The fraction of sp³-hybridized carbons (Fsp3) is 0.217. The summed E-state index contributed by atoms with van der Waals surface area (Å²) in [5.41, 5.74) is 3.40. The molecule has 0 radical (unpaired) electrons. The van der Waals surface area contributed by atoms with Gasteiger partial charge in [0.15, 0.2) is 6.04 Å². The second-order valence-electron chi connectivity index (χ2n) is 7.34. The second-order valence-corrected chi connectivity index (χ2v) is 7.34. The molecule has 5 rings (SSSR count). The highest BCUT2D eigenvalue weighted by Gasteiger charge is 2.27. The van der Waals surface area contributed by atoms with Crippen LogP contribution >= 0.6 is 0 Å². The Morgan fingerprint density at radius 3 is 2.62 bits per heavy atom. The van der Waals surface area contributed by atoms with Crippen LogP contribution in [0.15, 0.2) is 42.5 Å². The number of nitrogens with one attached hydrogen (secondary N) is 2. The number of carbonyl (C=O) groups is 3. The van der Waals surface area contributed by atoms with Crippen LogP contribution in [0.3, 0.4) is 0 Å². The molecule has 9 heteroatoms. The summed E-state index contributed by atoms with van der Waals surface area (Å²) in [6, 6.07) is 11.9. The molecule has 2 aromatic carbocycles. The molecule has 1 aromatic heterocycles. The summed E-state index contributed by atoms with van der Waals surface area (Å²) >= 11 is 0. The van der Waals surface area contributed by atoms with Crippen LogP contribution in [0.1, 0.15) is 21.6 Å². The molecule has 0 aliphatic carbocycles. The highest BCUT2D eigenvalue weighted by Crippen LogP contribution is 2.25. The highest BCUT2D eigenvalue weighted by atomic mass is 16.5. The molecule has 32 heavy (non-hydrogen) atoms. The zero-order valence-corrected chi connectivity index (χ0v) is 17.8. The van der Waals surface area contributed by atoms with Gasteiger partial charge >= 0.3 is 6.03 Å². The van der Waals surface area contributed by atoms with Crippen LogP contribution in [0.4, 0.5) is 4.79 Å². The van der Waals surface area contributed by atoms with Crippen molar-refractivity contribution in [2.45, 2.75) is 12.6 Å². The van der Waals surface area contributed by atoms with Gasteiger partial charge in [0.25, 0.3) is 11.8 Å². The minimum Gasteiger partial charge on any atom is -0.497 e. The van der Waals surface area contributed by atoms with E-state index in [0.29, 0.717) is 12.2 Å². The number of benzene rings is 2. The number of methoxy groups -OCH3 is 1. The summed E-state index contributed by atoms with van der Waals surface area (Å²) < 4.78 is 6.71. The Hall–Kier alpha value is -4.32. The Kier molecular flexibility index (Phi) is 5.52. The summed E-state index contributed by atoms with van der Waals surface area (Å²) in [5.74, 6) is 6.04. The third-order valence-electron chi connectivity index (χ3n) is 5.15. The number of urea groups is 1. The van der Waals surface area contributed by atoms with Gasteiger partial charge in [-0.2, -0.15) is 5.10 Å². The second kappa shape index (κ2) is 8.43. The van der Waals surface area contributed by atoms with Crippen molar-refractivity contribution in [3.05, 3.63) is 59.3 Å². The smallest absolute Gasteiger partial charge is 0.322 e. The number of nitrogens with zero attached hydrogens (tertiary/aromatic N) is 3. The maximum Gasteiger partial charge on any atom is 0.322 e. The normalized spacial score (nSPS) is 16.5. The number of fused-ring (bicyclic) bond motifs is 2. The average Bonchev–Trinajstić information content (AvgIpc) is 3.38. The molecule has 2 N–H and O–H groups in total. The molecule has 1 saturated heterocycles. The minimum absolute atomic E-state index is 0.0777. The molecular weight excluding hydrogens is 410 g/mol. The van der Waals surface area contributed by atoms with E-state index >= 15 is 0 Å². The number of carbonyl (C=O) groups excluding carboxylic acids is 3. The van der Waals surface area contributed by atoms with Crippen LogP contribution in [-0.4, -0.2) is 52.7 Å². The molecule has 9 nitrogen and oxygen atoms in total. The first-order valence-electron chi connectivity index (χ1n) is 9.84. The van der Waals surface area contributed by atoms with E-state index in [-0.39, 0.29) is 5.91 Å². The first kappa shape index (κ1) is 20.9. The molecular formula is C23H21N5O4. The Morgan fingerprint density at radius 1 is 1.12 bits per heavy atom. The number of hydrogen-bond acceptors (Lipinski definition) is 5. The summed E-state index contributed by atoms with van der Waals surface area (Å²) in [5, 5.41) is 9.80. The first-order chi connectivity index (χ1) is 15.4. The fourth-order valence-electron chi connectivity index (χ4n) is 3.51. The van der Waals surface area contributed by atoms with Crippen LogP contribution in [0, 0.1) is 11.8 Å². The van der Waals surface area contributed by atoms with E-state index in [2.05, 4.69) is 27.6 Å². The van der Waals surface area contributed by atoms with Gasteiger partial charge in [-0.25, -0.2) is 4.79 Å². The summed E-state index contributed by atoms with van der Waals surface area (Å²) in [7, 11) is 5.19. The van der Waals surface area contributed by atoms with Gasteiger partial charge in [0, 0.05) is 31.6 Å². The lowest BCUT2D eigenvalue weighted by molar-refractivity contribution is -0.119. The number of rotatable bonds is 1. The van der Waals surface area contributed by atoms with E-state index in [1.165, 1.54) is 0 Å². The maximum absolute atomic E-state index is 11.5. The summed E-state index contributed by atoms with van der Waals surface area (Å²) in [6.45, 7) is 0.707. The molecule has 3 aromatic rings. The molecule has 3 heterocycles. The fourth-order valence-corrected chi connectivity index (χ4v) is 3.51. The van der Waals surface area contributed by atoms with Gasteiger partial charge in [0.2, 0.25) is 0 Å². The number of amides is 4. The van der Waals surface area contributed by atoms with E-state index in [1.54, 1.807) is 36.9 Å². The molecule has 2 aliphatic heterocycles. The van der Waals surface area contributed by atoms with Crippen molar-refractivity contribution in [1.29, 1.82) is 0 Å². The van der Waals surface area contributed by atoms with E-state index in [0.717, 1.165) is 27.8 Å². The van der Waals surface area contributed by atoms with Gasteiger partial charge in [0.1, 0.15) is 11.4 Å². The Balaban J connectivity index is 0.000000165. The van der Waals surface area contributed by atoms with Crippen LogP contribution in [0.2, 0.25) is 0 Å². The predicted octanol–water partition coefficient (Wildman–Crippen LogP) is 1.41. The van der Waals surface area contributed by atoms with Crippen molar-refractivity contribution in [2.24, 2.45) is 7.05 Å². The third-order valence-corrected chi connectivity index (χ3v) is 5.15. The first-order valence-corrected chi connectivity index (χ1v) is 9.84. The zero-order valence-electron chi connectivity index (χ0n) is 17.8. The van der Waals surface area contributed by atoms with Gasteiger partial charge in [-0.3, -0.25) is 19.6 Å². The van der Waals surface area contributed by atoms with Crippen molar-refractivity contribution in [3.63, 3.8) is 0 Å². The summed E-state index contributed by atoms with van der Waals surface area (Å²) in [6.07, 6.45) is 0. The van der Waals surface area contributed by atoms with Gasteiger partial charge in [-0.05, 0) is 35.7 Å². The van der Waals surface area contributed by atoms with Crippen LogP contribution < -0.4 is 15.4 Å². The molecule has 0 bridgehead atoms. The third kappa shape index (κ3) is 3.98. The maximum atomic E-state index is 11.5. The number of aryl methyl sites for hydroxylation is 1. The topological polar surface area (TPSA) is 106 Å². The Bertz CT molecular complexity index is 1300. The molecule has 0 spiro atoms. The van der Waals surface area contributed by atoms with E-state index < -0.39 is 18.0 Å². The molecule has 162 valence electrons. The van der Waals surface area contributed by atoms with Gasteiger partial charge < -0.3 is 15.0 Å². The van der Waals surface area contributed by atoms with Crippen molar-refractivity contribution in [1.82, 2.24) is 25.3 Å². The predicted molar refractivity (Wildman–Crippen MR) is 117 cm³/mol. The van der Waals surface area contributed by atoms with Gasteiger partial charge in [0.05, 0.1) is 12.6 Å². The van der Waals surface area contributed by atoms with Crippen molar-refractivity contribution >= 4 is 28.7 Å². The van der Waals surface area contributed by atoms with Crippen molar-refractivity contribution in [3.8, 4) is 17.6 Å². The highest BCUT2D eigenvalue weighted by molar-refractivity contribution is 6.06. The Labute approximate surface area is 184 Å². The number of aromatic nitrogens is 2. The lowest BCUT2D eigenvalue weighted by atomic mass is 10.1. The quantitative estimate of drug-likeness (QED) is 0.448. The van der Waals surface area contributed by atoms with Crippen molar-refractivity contribution in [2.75, 3.05) is 14.2 Å². The molecule has 1 atom stereocenters. The average molecular weight is 431 g/mol. The molecule has 2 aliphatic rings. The lowest BCUT2D eigenvalue weighted by Crippen LogP contribution is -2.26. The van der Waals surface area contributed by atoms with Gasteiger partial charge in [-0.15, -0.1) is 0 Å². The largest absolute Gasteiger partial charge is 0.497 e.